The molecule has 8 heteroatoms. The largest absolute Gasteiger partial charge is 0.374 e. The SMILES string of the molecule is Cc1ccc(Cc2cc(C3OC(COCc4ccccc4)C(OCc4ccccc4)C(OCc4ccccc4)C3OCc3ccccc3)ccc2Cl)nn1. The Balaban J connectivity index is 1.26. The molecule has 0 amide bonds. The number of hydrogen-bond donors (Lipinski definition) is 0. The van der Waals surface area contributed by atoms with Crippen LogP contribution in [0.5, 0.6) is 0 Å². The van der Waals surface area contributed by atoms with Gasteiger partial charge >= 0.3 is 0 Å². The Labute approximate surface area is 322 Å². The van der Waals surface area contributed by atoms with Crippen molar-refractivity contribution in [1.29, 1.82) is 0 Å². The highest BCUT2D eigenvalue weighted by molar-refractivity contribution is 6.31. The van der Waals surface area contributed by atoms with Gasteiger partial charge in [0.1, 0.15) is 30.5 Å². The molecule has 0 saturated carbocycles. The van der Waals surface area contributed by atoms with Crippen molar-refractivity contribution in [2.24, 2.45) is 0 Å². The van der Waals surface area contributed by atoms with Gasteiger partial charge in [0.25, 0.3) is 0 Å². The lowest BCUT2D eigenvalue weighted by Crippen LogP contribution is -2.58. The molecule has 0 bridgehead atoms. The second kappa shape index (κ2) is 19.0. The maximum absolute atomic E-state index is 7.13. The zero-order valence-electron chi connectivity index (χ0n) is 30.4. The summed E-state index contributed by atoms with van der Waals surface area (Å²) in [6, 6.07) is 50.6. The Morgan fingerprint density at radius 1 is 0.556 bits per heavy atom. The summed E-state index contributed by atoms with van der Waals surface area (Å²) in [7, 11) is 0. The van der Waals surface area contributed by atoms with E-state index in [0.717, 1.165) is 44.8 Å². The van der Waals surface area contributed by atoms with E-state index in [4.69, 9.17) is 35.3 Å². The smallest absolute Gasteiger partial charge is 0.117 e. The summed E-state index contributed by atoms with van der Waals surface area (Å²) in [4.78, 5) is 0. The molecule has 1 aliphatic heterocycles. The summed E-state index contributed by atoms with van der Waals surface area (Å²) in [5.41, 5.74) is 7.74. The lowest BCUT2D eigenvalue weighted by Gasteiger charge is -2.46. The lowest BCUT2D eigenvalue weighted by atomic mass is 9.89. The summed E-state index contributed by atoms with van der Waals surface area (Å²) < 4.78 is 34.2. The average molecular weight is 741 g/mol. The third-order valence-corrected chi connectivity index (χ3v) is 9.88. The highest BCUT2D eigenvalue weighted by Gasteiger charge is 2.49. The van der Waals surface area contributed by atoms with E-state index in [9.17, 15) is 0 Å². The molecule has 1 aromatic heterocycles. The van der Waals surface area contributed by atoms with Gasteiger partial charge in [-0.2, -0.15) is 10.2 Å². The quantitative estimate of drug-likeness (QED) is 0.0979. The van der Waals surface area contributed by atoms with Crippen molar-refractivity contribution < 1.29 is 23.7 Å². The van der Waals surface area contributed by atoms with Crippen LogP contribution in [0.3, 0.4) is 0 Å². The van der Waals surface area contributed by atoms with Gasteiger partial charge < -0.3 is 23.7 Å². The van der Waals surface area contributed by atoms with Gasteiger partial charge in [-0.3, -0.25) is 0 Å². The van der Waals surface area contributed by atoms with Gasteiger partial charge in [0.15, 0.2) is 0 Å². The van der Waals surface area contributed by atoms with Crippen molar-refractivity contribution in [1.82, 2.24) is 10.2 Å². The first kappa shape index (κ1) is 37.6. The van der Waals surface area contributed by atoms with Crippen LogP contribution in [0.15, 0.2) is 152 Å². The Morgan fingerprint density at radius 2 is 1.07 bits per heavy atom. The molecular weight excluding hydrogens is 696 g/mol. The van der Waals surface area contributed by atoms with Crippen LogP contribution in [0.25, 0.3) is 0 Å². The molecule has 5 atom stereocenters. The standard InChI is InChI=1S/C46H45ClN2O5/c1-33-22-24-40(49-48-33)27-39-26-38(23-25-41(39)47)43-45(52-30-36-18-10-4-11-19-36)46(53-31-37-20-12-5-13-21-37)44(51-29-35-16-8-3-9-17-35)42(54-43)32-50-28-34-14-6-2-7-15-34/h2-26,42-46H,27-32H2,1H3. The Kier molecular flexibility index (Phi) is 13.2. The minimum absolute atomic E-state index is 0.279. The molecule has 276 valence electrons. The maximum Gasteiger partial charge on any atom is 0.117 e. The molecular formula is C46H45ClN2O5. The molecule has 0 radical (unpaired) electrons. The van der Waals surface area contributed by atoms with Gasteiger partial charge in [-0.05, 0) is 58.5 Å². The zero-order valence-corrected chi connectivity index (χ0v) is 31.1. The normalized spacial score (nSPS) is 19.8. The third kappa shape index (κ3) is 10.3. The fourth-order valence-electron chi connectivity index (χ4n) is 6.68. The molecule has 5 unspecified atom stereocenters. The zero-order chi connectivity index (χ0) is 37.0. The molecule has 0 aliphatic carbocycles. The summed E-state index contributed by atoms with van der Waals surface area (Å²) in [6.07, 6.45) is -2.16. The van der Waals surface area contributed by atoms with Gasteiger partial charge in [-0.1, -0.05) is 145 Å². The average Bonchev–Trinajstić information content (AvgIpc) is 3.22. The Hall–Kier alpha value is -4.73. The minimum atomic E-state index is -0.562. The van der Waals surface area contributed by atoms with Crippen LogP contribution < -0.4 is 0 Å². The van der Waals surface area contributed by atoms with Crippen molar-refractivity contribution in [3.8, 4) is 0 Å². The topological polar surface area (TPSA) is 71.9 Å². The van der Waals surface area contributed by atoms with E-state index in [1.807, 2.05) is 104 Å². The van der Waals surface area contributed by atoms with Crippen LogP contribution in [-0.4, -0.2) is 41.2 Å². The number of aryl methyl sites for hydroxylation is 1. The fraction of sp³-hybridized carbons (Fsp3) is 0.261. The second-order valence-electron chi connectivity index (χ2n) is 13.6. The van der Waals surface area contributed by atoms with Crippen molar-refractivity contribution in [2.75, 3.05) is 6.61 Å². The number of aromatic nitrogens is 2. The highest BCUT2D eigenvalue weighted by Crippen LogP contribution is 2.40. The fourth-order valence-corrected chi connectivity index (χ4v) is 6.87. The Bertz CT molecular complexity index is 2000. The highest BCUT2D eigenvalue weighted by atomic mass is 35.5. The number of nitrogens with zero attached hydrogens (tertiary/aromatic N) is 2. The van der Waals surface area contributed by atoms with E-state index in [0.29, 0.717) is 37.9 Å². The first-order chi connectivity index (χ1) is 26.6. The van der Waals surface area contributed by atoms with Crippen molar-refractivity contribution in [2.45, 2.75) is 70.3 Å². The van der Waals surface area contributed by atoms with Crippen LogP contribution >= 0.6 is 11.6 Å². The van der Waals surface area contributed by atoms with E-state index in [-0.39, 0.29) is 6.61 Å². The minimum Gasteiger partial charge on any atom is -0.374 e. The van der Waals surface area contributed by atoms with Crippen LogP contribution in [0.2, 0.25) is 5.02 Å². The molecule has 54 heavy (non-hydrogen) atoms. The summed E-state index contributed by atoms with van der Waals surface area (Å²) >= 11 is 6.83. The van der Waals surface area contributed by atoms with E-state index in [1.54, 1.807) is 0 Å². The number of rotatable bonds is 16. The van der Waals surface area contributed by atoms with Gasteiger partial charge in [0.2, 0.25) is 0 Å². The van der Waals surface area contributed by atoms with E-state index in [1.165, 1.54) is 0 Å². The predicted octanol–water partition coefficient (Wildman–Crippen LogP) is 9.44. The molecule has 0 spiro atoms. The predicted molar refractivity (Wildman–Crippen MR) is 210 cm³/mol. The van der Waals surface area contributed by atoms with Crippen LogP contribution in [0.4, 0.5) is 0 Å². The van der Waals surface area contributed by atoms with Crippen LogP contribution in [0, 0.1) is 6.92 Å². The van der Waals surface area contributed by atoms with Crippen LogP contribution in [0.1, 0.15) is 50.9 Å². The molecule has 7 rings (SSSR count). The first-order valence-corrected chi connectivity index (χ1v) is 18.8. The number of benzene rings is 5. The summed E-state index contributed by atoms with van der Waals surface area (Å²) in [6.45, 7) is 3.73. The molecule has 2 heterocycles. The maximum atomic E-state index is 7.13. The molecule has 1 fully saturated rings. The van der Waals surface area contributed by atoms with Crippen molar-refractivity contribution in [3.63, 3.8) is 0 Å². The Morgan fingerprint density at radius 3 is 1.61 bits per heavy atom. The van der Waals surface area contributed by atoms with Crippen LogP contribution in [-0.2, 0) is 56.5 Å². The van der Waals surface area contributed by atoms with Gasteiger partial charge in [0.05, 0.1) is 44.4 Å². The second-order valence-corrected chi connectivity index (χ2v) is 14.0. The van der Waals surface area contributed by atoms with Crippen molar-refractivity contribution >= 4 is 11.6 Å². The molecule has 7 nitrogen and oxygen atoms in total. The number of halogens is 1. The van der Waals surface area contributed by atoms with E-state index < -0.39 is 30.5 Å². The summed E-state index contributed by atoms with van der Waals surface area (Å²) in [5, 5.41) is 9.31. The first-order valence-electron chi connectivity index (χ1n) is 18.4. The van der Waals surface area contributed by atoms with Gasteiger partial charge in [-0.25, -0.2) is 0 Å². The third-order valence-electron chi connectivity index (χ3n) is 9.51. The van der Waals surface area contributed by atoms with E-state index >= 15 is 0 Å². The molecule has 0 N–H and O–H groups in total. The molecule has 1 aliphatic rings. The molecule has 5 aromatic carbocycles. The lowest BCUT2D eigenvalue weighted by molar-refractivity contribution is -0.275. The summed E-state index contributed by atoms with van der Waals surface area (Å²) in [5.74, 6) is 0. The molecule has 1 saturated heterocycles. The number of ether oxygens (including phenoxy) is 5. The molecule has 6 aromatic rings. The monoisotopic (exact) mass is 740 g/mol. The van der Waals surface area contributed by atoms with Gasteiger partial charge in [-0.15, -0.1) is 0 Å². The number of hydrogen-bond acceptors (Lipinski definition) is 7. The van der Waals surface area contributed by atoms with Crippen molar-refractivity contribution in [3.05, 3.63) is 201 Å². The van der Waals surface area contributed by atoms with E-state index in [2.05, 4.69) is 64.8 Å². The van der Waals surface area contributed by atoms with Gasteiger partial charge in [0, 0.05) is 11.4 Å².